The number of hydrogen-bond donors (Lipinski definition) is 2. The summed E-state index contributed by atoms with van der Waals surface area (Å²) in [6, 6.07) is 15.5. The van der Waals surface area contributed by atoms with Gasteiger partial charge in [0.25, 0.3) is 5.70 Å². The van der Waals surface area contributed by atoms with Crippen molar-refractivity contribution in [2.75, 3.05) is 5.32 Å². The first-order chi connectivity index (χ1) is 13.3. The van der Waals surface area contributed by atoms with E-state index in [1.807, 2.05) is 63.5 Å². The number of aliphatic hydroxyl groups excluding tert-OH is 1. The molecule has 28 heavy (non-hydrogen) atoms. The molecule has 5 heteroatoms. The van der Waals surface area contributed by atoms with E-state index in [2.05, 4.69) is 5.32 Å². The Labute approximate surface area is 169 Å². The van der Waals surface area contributed by atoms with Crippen LogP contribution in [0.1, 0.15) is 22.3 Å². The quantitative estimate of drug-likeness (QED) is 0.271. The number of aliphatic hydroxyl groups is 1. The van der Waals surface area contributed by atoms with E-state index in [0.717, 1.165) is 16.8 Å². The number of aromatic nitrogens is 1. The zero-order chi connectivity index (χ0) is 20.3. The van der Waals surface area contributed by atoms with Crippen LogP contribution in [0.25, 0.3) is 11.5 Å². The second-order valence-corrected chi connectivity index (χ2v) is 7.15. The summed E-state index contributed by atoms with van der Waals surface area (Å²) in [4.78, 5) is 0.362. The number of benzene rings is 2. The highest BCUT2D eigenvalue weighted by molar-refractivity contribution is 7.81. The molecule has 0 radical (unpaired) electrons. The van der Waals surface area contributed by atoms with Gasteiger partial charge >= 0.3 is 0 Å². The number of halogens is 1. The lowest BCUT2D eigenvalue weighted by molar-refractivity contribution is -0.576. The van der Waals surface area contributed by atoms with E-state index in [4.69, 9.17) is 12.2 Å². The summed E-state index contributed by atoms with van der Waals surface area (Å²) in [5, 5.41) is 14.2. The maximum Gasteiger partial charge on any atom is 0.288 e. The van der Waals surface area contributed by atoms with Crippen molar-refractivity contribution in [1.82, 2.24) is 0 Å². The summed E-state index contributed by atoms with van der Waals surface area (Å²) in [5.41, 5.74) is 5.09. The van der Waals surface area contributed by atoms with Gasteiger partial charge in [0.05, 0.1) is 0 Å². The number of rotatable bonds is 4. The van der Waals surface area contributed by atoms with Gasteiger partial charge in [0.1, 0.15) is 5.82 Å². The molecular weight excluding hydrogens is 371 g/mol. The Morgan fingerprint density at radius 1 is 1.00 bits per heavy atom. The lowest BCUT2D eigenvalue weighted by atomic mass is 10.1. The number of thiocarbonyl (C=S) groups is 1. The molecule has 0 atom stereocenters. The summed E-state index contributed by atoms with van der Waals surface area (Å²) in [5.74, 6) is -0.394. The fourth-order valence-electron chi connectivity index (χ4n) is 2.83. The molecule has 0 saturated heterocycles. The van der Waals surface area contributed by atoms with Gasteiger partial charge in [-0.1, -0.05) is 18.3 Å². The number of nitrogens with zero attached hydrogens (tertiary/aromatic N) is 1. The van der Waals surface area contributed by atoms with Crippen molar-refractivity contribution in [3.05, 3.63) is 95.1 Å². The van der Waals surface area contributed by atoms with Crippen molar-refractivity contribution in [2.24, 2.45) is 0 Å². The summed E-state index contributed by atoms with van der Waals surface area (Å²) < 4.78 is 15.1. The fraction of sp³-hybridized carbons (Fsp3) is 0.130. The summed E-state index contributed by atoms with van der Waals surface area (Å²) in [7, 11) is 0. The molecule has 3 aromatic rings. The fourth-order valence-corrected chi connectivity index (χ4v) is 3.15. The first kappa shape index (κ1) is 19.7. The van der Waals surface area contributed by atoms with Crippen molar-refractivity contribution < 1.29 is 14.1 Å². The van der Waals surface area contributed by atoms with Crippen molar-refractivity contribution in [3.8, 4) is 0 Å². The highest BCUT2D eigenvalue weighted by atomic mass is 32.1. The molecule has 1 heterocycles. The summed E-state index contributed by atoms with van der Waals surface area (Å²) in [6.45, 7) is 6.04. The Morgan fingerprint density at radius 3 is 2.36 bits per heavy atom. The van der Waals surface area contributed by atoms with Crippen LogP contribution in [0.4, 0.5) is 10.1 Å². The second-order valence-electron chi connectivity index (χ2n) is 6.75. The van der Waals surface area contributed by atoms with Crippen LogP contribution < -0.4 is 9.88 Å². The van der Waals surface area contributed by atoms with Crippen LogP contribution in [0.2, 0.25) is 0 Å². The van der Waals surface area contributed by atoms with E-state index in [9.17, 15) is 9.50 Å². The van der Waals surface area contributed by atoms with Gasteiger partial charge in [-0.25, -0.2) is 4.39 Å². The minimum absolute atomic E-state index is 0.0306. The molecule has 0 saturated carbocycles. The topological polar surface area (TPSA) is 36.1 Å². The number of aryl methyl sites for hydroxylation is 3. The first-order valence-electron chi connectivity index (χ1n) is 8.91. The second kappa shape index (κ2) is 8.31. The van der Waals surface area contributed by atoms with Gasteiger partial charge in [0.2, 0.25) is 0 Å². The molecule has 2 aromatic carbocycles. The average Bonchev–Trinajstić information content (AvgIpc) is 2.65. The van der Waals surface area contributed by atoms with Crippen molar-refractivity contribution in [3.63, 3.8) is 0 Å². The highest BCUT2D eigenvalue weighted by Gasteiger charge is 2.24. The van der Waals surface area contributed by atoms with Crippen molar-refractivity contribution >= 4 is 34.3 Å². The van der Waals surface area contributed by atoms with Crippen LogP contribution in [0, 0.1) is 26.6 Å². The number of anilines is 1. The third-order valence-corrected chi connectivity index (χ3v) is 4.82. The van der Waals surface area contributed by atoms with Gasteiger partial charge in [-0.2, -0.15) is 4.57 Å². The minimum atomic E-state index is -0.364. The number of nitrogens with one attached hydrogen (secondary N) is 1. The lowest BCUT2D eigenvalue weighted by Crippen LogP contribution is -2.38. The molecule has 0 aliphatic rings. The zero-order valence-corrected chi connectivity index (χ0v) is 16.8. The van der Waals surface area contributed by atoms with Gasteiger partial charge in [-0.05, 0) is 74.4 Å². The van der Waals surface area contributed by atoms with E-state index in [1.165, 1.54) is 29.8 Å². The van der Waals surface area contributed by atoms with Crippen LogP contribution >= 0.6 is 12.2 Å². The Balaban J connectivity index is 2.07. The van der Waals surface area contributed by atoms with Crippen LogP contribution in [0.3, 0.4) is 0 Å². The maximum absolute atomic E-state index is 13.3. The minimum Gasteiger partial charge on any atom is -0.502 e. The van der Waals surface area contributed by atoms with Gasteiger partial charge < -0.3 is 10.4 Å². The molecule has 0 spiro atoms. The predicted octanol–water partition coefficient (Wildman–Crippen LogP) is 5.36. The van der Waals surface area contributed by atoms with E-state index in [0.29, 0.717) is 16.2 Å². The predicted molar refractivity (Wildman–Crippen MR) is 116 cm³/mol. The molecule has 3 nitrogen and oxygen atoms in total. The highest BCUT2D eigenvalue weighted by Crippen LogP contribution is 2.21. The molecular formula is C23H22FN2OS+. The van der Waals surface area contributed by atoms with Gasteiger partial charge in [0.15, 0.2) is 23.1 Å². The zero-order valence-electron chi connectivity index (χ0n) is 16.0. The van der Waals surface area contributed by atoms with Crippen LogP contribution in [-0.4, -0.2) is 10.1 Å². The average molecular weight is 394 g/mol. The molecule has 0 amide bonds. The maximum atomic E-state index is 13.3. The van der Waals surface area contributed by atoms with Crippen LogP contribution in [-0.2, 0) is 0 Å². The molecule has 0 unspecified atom stereocenters. The third kappa shape index (κ3) is 4.43. The summed E-state index contributed by atoms with van der Waals surface area (Å²) >= 11 is 5.64. The SMILES string of the molecule is Cc1ccc[n+](/C(C(=S)Nc2ccc(C)c(C)c2)=C(/O)c2ccc(F)cc2)c1. The molecule has 0 bridgehead atoms. The van der Waals surface area contributed by atoms with E-state index < -0.39 is 0 Å². The molecule has 0 fully saturated rings. The molecule has 142 valence electrons. The van der Waals surface area contributed by atoms with E-state index in [1.54, 1.807) is 4.57 Å². The molecule has 0 aliphatic carbocycles. The normalized spacial score (nSPS) is 11.7. The lowest BCUT2D eigenvalue weighted by Gasteiger charge is -2.11. The van der Waals surface area contributed by atoms with Crippen molar-refractivity contribution in [1.29, 1.82) is 0 Å². The van der Waals surface area contributed by atoms with Gasteiger partial charge in [-0.15, -0.1) is 0 Å². The standard InChI is InChI=1S/C23H21FN2OS/c1-15-5-4-12-26(14-15)21(22(27)18-7-9-19(24)10-8-18)23(28)25-20-11-6-16(2)17(3)13-20/h4-14H,1-3H3,(H-,25,27,28)/p+1. The van der Waals surface area contributed by atoms with Crippen molar-refractivity contribution in [2.45, 2.75) is 20.8 Å². The molecule has 0 aliphatic heterocycles. The van der Waals surface area contributed by atoms with Crippen LogP contribution in [0.15, 0.2) is 67.0 Å². The Kier molecular flexibility index (Phi) is 5.85. The summed E-state index contributed by atoms with van der Waals surface area (Å²) in [6.07, 6.45) is 3.69. The Hall–Kier alpha value is -3.05. The monoisotopic (exact) mass is 393 g/mol. The molecule has 2 N–H and O–H groups in total. The van der Waals surface area contributed by atoms with Crippen LogP contribution in [0.5, 0.6) is 0 Å². The van der Waals surface area contributed by atoms with E-state index >= 15 is 0 Å². The Morgan fingerprint density at radius 2 is 1.71 bits per heavy atom. The number of pyridine rings is 1. The molecule has 1 aromatic heterocycles. The smallest absolute Gasteiger partial charge is 0.288 e. The third-order valence-electron chi connectivity index (χ3n) is 4.53. The first-order valence-corrected chi connectivity index (χ1v) is 9.32. The Bertz CT molecular complexity index is 1060. The largest absolute Gasteiger partial charge is 0.502 e. The van der Waals surface area contributed by atoms with Gasteiger partial charge in [-0.3, -0.25) is 0 Å². The molecule has 3 rings (SSSR count). The number of hydrogen-bond acceptors (Lipinski definition) is 2. The van der Waals surface area contributed by atoms with E-state index in [-0.39, 0.29) is 11.6 Å². The van der Waals surface area contributed by atoms with Gasteiger partial charge in [0, 0.05) is 22.9 Å².